The van der Waals surface area contributed by atoms with E-state index in [1.165, 1.54) is 38.8 Å². The molecule has 2 rings (SSSR count). The summed E-state index contributed by atoms with van der Waals surface area (Å²) in [7, 11) is 0. The van der Waals surface area contributed by atoms with Crippen molar-refractivity contribution in [2.75, 3.05) is 18.8 Å². The largest absolute Gasteiger partial charge is 0.299 e. The fourth-order valence-electron chi connectivity index (χ4n) is 2.74. The average Bonchev–Trinajstić information content (AvgIpc) is 2.53. The maximum absolute atomic E-state index is 4.28. The van der Waals surface area contributed by atoms with E-state index in [-0.39, 0.29) is 0 Å². The van der Waals surface area contributed by atoms with Crippen LogP contribution >= 0.6 is 12.6 Å². The SMILES string of the molecule is SCCN1CCC2CCCC21. The molecule has 2 aliphatic rings. The molecule has 2 atom stereocenters. The van der Waals surface area contributed by atoms with Gasteiger partial charge in [0.15, 0.2) is 0 Å². The molecule has 2 heteroatoms. The molecule has 1 nitrogen and oxygen atoms in total. The van der Waals surface area contributed by atoms with E-state index in [1.54, 1.807) is 0 Å². The zero-order valence-electron chi connectivity index (χ0n) is 7.00. The predicted molar refractivity (Wildman–Crippen MR) is 51.2 cm³/mol. The van der Waals surface area contributed by atoms with Crippen LogP contribution in [0.25, 0.3) is 0 Å². The first-order valence-corrected chi connectivity index (χ1v) is 5.40. The molecule has 0 bridgehead atoms. The van der Waals surface area contributed by atoms with E-state index in [0.717, 1.165) is 17.7 Å². The first kappa shape index (κ1) is 7.93. The fraction of sp³-hybridized carbons (Fsp3) is 1.00. The van der Waals surface area contributed by atoms with Crippen molar-refractivity contribution in [1.29, 1.82) is 0 Å². The number of hydrogen-bond donors (Lipinski definition) is 1. The molecule has 0 aromatic rings. The summed E-state index contributed by atoms with van der Waals surface area (Å²) in [4.78, 5) is 2.64. The zero-order valence-corrected chi connectivity index (χ0v) is 7.89. The van der Waals surface area contributed by atoms with Gasteiger partial charge in [0.05, 0.1) is 0 Å². The molecule has 0 aromatic heterocycles. The molecule has 2 fully saturated rings. The summed E-state index contributed by atoms with van der Waals surface area (Å²) in [6, 6.07) is 0.946. The molecule has 1 heterocycles. The van der Waals surface area contributed by atoms with E-state index < -0.39 is 0 Å². The summed E-state index contributed by atoms with van der Waals surface area (Å²) in [5, 5.41) is 0. The Morgan fingerprint density at radius 2 is 2.18 bits per heavy atom. The predicted octanol–water partition coefficient (Wildman–Crippen LogP) is 1.79. The van der Waals surface area contributed by atoms with E-state index in [1.807, 2.05) is 0 Å². The number of likely N-dealkylation sites (tertiary alicyclic amines) is 1. The lowest BCUT2D eigenvalue weighted by Crippen LogP contribution is -2.31. The average molecular weight is 171 g/mol. The summed E-state index contributed by atoms with van der Waals surface area (Å²) in [6.07, 6.45) is 5.88. The van der Waals surface area contributed by atoms with Crippen LogP contribution < -0.4 is 0 Å². The van der Waals surface area contributed by atoms with Crippen molar-refractivity contribution in [2.45, 2.75) is 31.7 Å². The maximum Gasteiger partial charge on any atom is 0.0124 e. The van der Waals surface area contributed by atoms with Gasteiger partial charge in [0, 0.05) is 18.3 Å². The van der Waals surface area contributed by atoms with E-state index in [4.69, 9.17) is 0 Å². The van der Waals surface area contributed by atoms with Crippen LogP contribution in [0.15, 0.2) is 0 Å². The van der Waals surface area contributed by atoms with E-state index in [0.29, 0.717) is 0 Å². The normalized spacial score (nSPS) is 37.9. The second-order valence-electron chi connectivity index (χ2n) is 3.81. The third-order valence-corrected chi connectivity index (χ3v) is 3.46. The summed E-state index contributed by atoms with van der Waals surface area (Å²) in [5.74, 6) is 2.08. The van der Waals surface area contributed by atoms with Gasteiger partial charge in [-0.15, -0.1) is 0 Å². The second kappa shape index (κ2) is 3.36. The van der Waals surface area contributed by atoms with Gasteiger partial charge in [-0.3, -0.25) is 4.90 Å². The molecule has 0 spiro atoms. The number of rotatable bonds is 2. The van der Waals surface area contributed by atoms with Gasteiger partial charge in [-0.1, -0.05) is 6.42 Å². The lowest BCUT2D eigenvalue weighted by molar-refractivity contribution is 0.256. The van der Waals surface area contributed by atoms with Crippen LogP contribution in [-0.2, 0) is 0 Å². The number of nitrogens with zero attached hydrogens (tertiary/aromatic N) is 1. The van der Waals surface area contributed by atoms with Gasteiger partial charge in [0.25, 0.3) is 0 Å². The summed E-state index contributed by atoms with van der Waals surface area (Å²) < 4.78 is 0. The molecule has 0 radical (unpaired) electrons. The van der Waals surface area contributed by atoms with Crippen molar-refractivity contribution in [2.24, 2.45) is 5.92 Å². The molecule has 0 N–H and O–H groups in total. The van der Waals surface area contributed by atoms with Crippen LogP contribution in [0, 0.1) is 5.92 Å². The van der Waals surface area contributed by atoms with Gasteiger partial charge < -0.3 is 0 Å². The highest BCUT2D eigenvalue weighted by Gasteiger charge is 2.36. The highest BCUT2D eigenvalue weighted by atomic mass is 32.1. The lowest BCUT2D eigenvalue weighted by Gasteiger charge is -2.22. The van der Waals surface area contributed by atoms with Crippen LogP contribution in [0.2, 0.25) is 0 Å². The van der Waals surface area contributed by atoms with Gasteiger partial charge in [0.1, 0.15) is 0 Å². The second-order valence-corrected chi connectivity index (χ2v) is 4.25. The summed E-state index contributed by atoms with van der Waals surface area (Å²) in [5.41, 5.74) is 0. The van der Waals surface area contributed by atoms with Crippen molar-refractivity contribution in [3.8, 4) is 0 Å². The van der Waals surface area contributed by atoms with Crippen LogP contribution in [0.1, 0.15) is 25.7 Å². The van der Waals surface area contributed by atoms with Crippen LogP contribution in [0.3, 0.4) is 0 Å². The Morgan fingerprint density at radius 1 is 1.27 bits per heavy atom. The first-order valence-electron chi connectivity index (χ1n) is 4.76. The fourth-order valence-corrected chi connectivity index (χ4v) is 3.00. The van der Waals surface area contributed by atoms with Crippen molar-refractivity contribution in [3.05, 3.63) is 0 Å². The van der Waals surface area contributed by atoms with Crippen molar-refractivity contribution >= 4 is 12.6 Å². The Hall–Kier alpha value is 0.310. The van der Waals surface area contributed by atoms with Gasteiger partial charge >= 0.3 is 0 Å². The van der Waals surface area contributed by atoms with Gasteiger partial charge in [-0.2, -0.15) is 12.6 Å². The van der Waals surface area contributed by atoms with Crippen LogP contribution in [0.5, 0.6) is 0 Å². The van der Waals surface area contributed by atoms with Crippen LogP contribution in [-0.4, -0.2) is 29.8 Å². The molecular weight excluding hydrogens is 154 g/mol. The monoisotopic (exact) mass is 171 g/mol. The summed E-state index contributed by atoms with van der Waals surface area (Å²) >= 11 is 4.28. The molecule has 1 saturated carbocycles. The lowest BCUT2D eigenvalue weighted by atomic mass is 10.1. The van der Waals surface area contributed by atoms with Gasteiger partial charge in [-0.05, 0) is 31.7 Å². The van der Waals surface area contributed by atoms with Gasteiger partial charge in [-0.25, -0.2) is 0 Å². The topological polar surface area (TPSA) is 3.24 Å². The smallest absolute Gasteiger partial charge is 0.0124 e. The number of thiol groups is 1. The Morgan fingerprint density at radius 3 is 3.00 bits per heavy atom. The molecular formula is C9H17NS. The minimum atomic E-state index is 0.946. The molecule has 64 valence electrons. The quantitative estimate of drug-likeness (QED) is 0.620. The standard InChI is InChI=1S/C9H17NS/c11-7-6-10-5-4-8-2-1-3-9(8)10/h8-9,11H,1-7H2. The minimum Gasteiger partial charge on any atom is -0.299 e. The van der Waals surface area contributed by atoms with Crippen molar-refractivity contribution < 1.29 is 0 Å². The minimum absolute atomic E-state index is 0.946. The molecule has 1 aliphatic carbocycles. The number of hydrogen-bond acceptors (Lipinski definition) is 2. The number of fused-ring (bicyclic) bond motifs is 1. The molecule has 11 heavy (non-hydrogen) atoms. The van der Waals surface area contributed by atoms with E-state index in [2.05, 4.69) is 17.5 Å². The van der Waals surface area contributed by atoms with Crippen molar-refractivity contribution in [3.63, 3.8) is 0 Å². The van der Waals surface area contributed by atoms with E-state index in [9.17, 15) is 0 Å². The Balaban J connectivity index is 1.92. The first-order chi connectivity index (χ1) is 5.42. The van der Waals surface area contributed by atoms with E-state index >= 15 is 0 Å². The molecule has 0 aromatic carbocycles. The Labute approximate surface area is 74.6 Å². The third-order valence-electron chi connectivity index (χ3n) is 3.26. The van der Waals surface area contributed by atoms with Crippen molar-refractivity contribution in [1.82, 2.24) is 4.90 Å². The molecule has 1 aliphatic heterocycles. The molecule has 1 saturated heterocycles. The maximum atomic E-state index is 4.28. The summed E-state index contributed by atoms with van der Waals surface area (Å²) in [6.45, 7) is 2.56. The third kappa shape index (κ3) is 1.43. The van der Waals surface area contributed by atoms with Gasteiger partial charge in [0.2, 0.25) is 0 Å². The highest BCUT2D eigenvalue weighted by molar-refractivity contribution is 7.80. The molecule has 2 unspecified atom stereocenters. The Kier molecular flexibility index (Phi) is 2.42. The van der Waals surface area contributed by atoms with Crippen LogP contribution in [0.4, 0.5) is 0 Å². The molecule has 0 amide bonds. The Bertz CT molecular complexity index is 136. The zero-order chi connectivity index (χ0) is 7.68. The highest BCUT2D eigenvalue weighted by Crippen LogP contribution is 2.37.